The number of amides is 2. The predicted octanol–water partition coefficient (Wildman–Crippen LogP) is -1.79. The van der Waals surface area contributed by atoms with Crippen molar-refractivity contribution in [3.63, 3.8) is 0 Å². The molecule has 0 radical (unpaired) electrons. The van der Waals surface area contributed by atoms with Crippen molar-refractivity contribution in [2.45, 2.75) is 31.7 Å². The normalized spacial score (nSPS) is 26.5. The largest absolute Gasteiger partial charge is 0.469 e. The number of rotatable bonds is 7. The van der Waals surface area contributed by atoms with E-state index < -0.39 is 26.1 Å². The van der Waals surface area contributed by atoms with Crippen LogP contribution in [0.25, 0.3) is 0 Å². The van der Waals surface area contributed by atoms with Gasteiger partial charge in [-0.2, -0.15) is 0 Å². The molecule has 2 rings (SSSR count). The van der Waals surface area contributed by atoms with Crippen molar-refractivity contribution >= 4 is 19.6 Å². The fourth-order valence-electron chi connectivity index (χ4n) is 2.86. The number of aliphatic hydroxyl groups excluding tert-OH is 2. The summed E-state index contributed by atoms with van der Waals surface area (Å²) in [6.45, 7) is 1.47. The Kier molecular flexibility index (Phi) is 7.90. The molecular weight excluding hydrogens is 393 g/mol. The first-order valence-corrected chi connectivity index (χ1v) is 10.3. The highest BCUT2D eigenvalue weighted by Crippen LogP contribution is 2.36. The molecule has 12 heteroatoms. The maximum atomic E-state index is 12.1. The minimum atomic E-state index is -4.64. The Labute approximate surface area is 162 Å². The Hall–Kier alpha value is -1.59. The smallest absolute Gasteiger partial charge is 0.393 e. The molecule has 2 amide bonds. The van der Waals surface area contributed by atoms with Crippen molar-refractivity contribution in [2.24, 2.45) is 5.92 Å². The highest BCUT2D eigenvalue weighted by atomic mass is 31.2. The Bertz CT molecular complexity index is 691. The Balaban J connectivity index is 2.00. The molecule has 0 spiro atoms. The number of aliphatic hydroxyl groups is 2. The number of phosphoric ester groups is 1. The van der Waals surface area contributed by atoms with Gasteiger partial charge >= 0.3 is 7.82 Å². The van der Waals surface area contributed by atoms with Gasteiger partial charge in [-0.05, 0) is 5.57 Å². The molecule has 0 saturated carbocycles. The molecule has 158 valence electrons. The molecule has 0 bridgehead atoms. The molecule has 0 aromatic rings. The van der Waals surface area contributed by atoms with Gasteiger partial charge in [-0.1, -0.05) is 19.1 Å². The maximum absolute atomic E-state index is 12.1. The van der Waals surface area contributed by atoms with Crippen LogP contribution in [0.3, 0.4) is 0 Å². The number of hydrogen-bond acceptors (Lipinski definition) is 7. The van der Waals surface area contributed by atoms with E-state index in [0.717, 1.165) is 5.57 Å². The first kappa shape index (κ1) is 22.7. The van der Waals surface area contributed by atoms with Gasteiger partial charge < -0.3 is 30.6 Å². The van der Waals surface area contributed by atoms with Crippen LogP contribution in [0.1, 0.15) is 13.3 Å². The quantitative estimate of drug-likeness (QED) is 0.261. The molecule has 0 aromatic heterocycles. The van der Waals surface area contributed by atoms with Crippen LogP contribution in [0, 0.1) is 5.92 Å². The third-order valence-corrected chi connectivity index (χ3v) is 5.08. The molecular formula is C16H26N3O8P. The van der Waals surface area contributed by atoms with Crippen molar-refractivity contribution in [1.82, 2.24) is 15.5 Å². The molecule has 2 aliphatic heterocycles. The summed E-state index contributed by atoms with van der Waals surface area (Å²) in [5.74, 6) is -1.24. The van der Waals surface area contributed by atoms with Crippen molar-refractivity contribution in [3.8, 4) is 0 Å². The lowest BCUT2D eigenvalue weighted by Gasteiger charge is -2.29. The SMILES string of the molecule is CC(COP(=O)(O)O)C(O)CC(O)N1C/C=C2/C=CC(=O)NC2CNC(=O)C1. The van der Waals surface area contributed by atoms with Crippen LogP contribution in [0.5, 0.6) is 0 Å². The fourth-order valence-corrected chi connectivity index (χ4v) is 3.29. The van der Waals surface area contributed by atoms with Crippen LogP contribution in [-0.4, -0.2) is 81.3 Å². The van der Waals surface area contributed by atoms with Gasteiger partial charge in [-0.25, -0.2) is 4.57 Å². The zero-order chi connectivity index (χ0) is 20.9. The molecule has 2 aliphatic rings. The van der Waals surface area contributed by atoms with E-state index in [0.29, 0.717) is 0 Å². The molecule has 0 fully saturated rings. The molecule has 28 heavy (non-hydrogen) atoms. The first-order chi connectivity index (χ1) is 13.0. The Morgan fingerprint density at radius 1 is 1.32 bits per heavy atom. The lowest BCUT2D eigenvalue weighted by atomic mass is 10.0. The lowest BCUT2D eigenvalue weighted by Crippen LogP contribution is -2.47. The minimum absolute atomic E-state index is 0.116. The van der Waals surface area contributed by atoms with E-state index >= 15 is 0 Å². The van der Waals surface area contributed by atoms with Crippen LogP contribution in [0.15, 0.2) is 23.8 Å². The van der Waals surface area contributed by atoms with Crippen LogP contribution in [0.4, 0.5) is 0 Å². The second kappa shape index (κ2) is 9.75. The standard InChI is InChI=1S/C16H26N3O8P/c1-10(9-27-28(24,25)26)13(20)6-16(23)19-5-4-11-2-3-14(21)18-12(11)7-17-15(22)8-19/h2-4,10,12-13,16,20,23H,5-9H2,1H3,(H,17,22)(H,18,21)(H2,24,25,26)/b11-4-. The molecule has 4 atom stereocenters. The third-order valence-electron chi connectivity index (χ3n) is 4.59. The van der Waals surface area contributed by atoms with Gasteiger partial charge in [0.2, 0.25) is 11.8 Å². The average molecular weight is 419 g/mol. The molecule has 0 saturated heterocycles. The monoisotopic (exact) mass is 419 g/mol. The van der Waals surface area contributed by atoms with Crippen LogP contribution >= 0.6 is 7.82 Å². The summed E-state index contributed by atoms with van der Waals surface area (Å²) < 4.78 is 15.1. The molecule has 2 heterocycles. The number of nitrogens with one attached hydrogen (secondary N) is 2. The van der Waals surface area contributed by atoms with Gasteiger partial charge in [0.15, 0.2) is 0 Å². The predicted molar refractivity (Wildman–Crippen MR) is 97.5 cm³/mol. The molecule has 4 unspecified atom stereocenters. The first-order valence-electron chi connectivity index (χ1n) is 8.80. The minimum Gasteiger partial charge on any atom is -0.393 e. The van der Waals surface area contributed by atoms with Crippen molar-refractivity contribution in [1.29, 1.82) is 0 Å². The Morgan fingerprint density at radius 3 is 2.71 bits per heavy atom. The second-order valence-electron chi connectivity index (χ2n) is 6.88. The van der Waals surface area contributed by atoms with Gasteiger partial charge in [0, 0.05) is 31.5 Å². The summed E-state index contributed by atoms with van der Waals surface area (Å²) in [7, 11) is -4.64. The van der Waals surface area contributed by atoms with Gasteiger partial charge in [0.05, 0.1) is 25.3 Å². The number of phosphoric acid groups is 1. The number of fused-ring (bicyclic) bond motifs is 1. The van der Waals surface area contributed by atoms with E-state index in [1.165, 1.54) is 17.9 Å². The molecule has 0 aliphatic carbocycles. The zero-order valence-corrected chi connectivity index (χ0v) is 16.3. The Morgan fingerprint density at radius 2 is 2.04 bits per heavy atom. The number of carbonyl (C=O) groups is 2. The topological polar surface area (TPSA) is 169 Å². The zero-order valence-electron chi connectivity index (χ0n) is 15.4. The van der Waals surface area contributed by atoms with Crippen LogP contribution < -0.4 is 10.6 Å². The van der Waals surface area contributed by atoms with Crippen molar-refractivity contribution in [3.05, 3.63) is 23.8 Å². The second-order valence-corrected chi connectivity index (χ2v) is 8.12. The summed E-state index contributed by atoms with van der Waals surface area (Å²) in [6, 6.07) is -0.353. The summed E-state index contributed by atoms with van der Waals surface area (Å²) in [6.07, 6.45) is 2.41. The number of carbonyl (C=O) groups excluding carboxylic acids is 2. The van der Waals surface area contributed by atoms with Crippen LogP contribution in [-0.2, 0) is 18.7 Å². The summed E-state index contributed by atoms with van der Waals surface area (Å²) in [5.41, 5.74) is 0.794. The molecule has 0 aromatic carbocycles. The molecule has 11 nitrogen and oxygen atoms in total. The highest BCUT2D eigenvalue weighted by molar-refractivity contribution is 7.46. The van der Waals surface area contributed by atoms with E-state index in [1.54, 1.807) is 12.2 Å². The number of nitrogens with zero attached hydrogens (tertiary/aromatic N) is 1. The summed E-state index contributed by atoms with van der Waals surface area (Å²) in [4.78, 5) is 42.5. The van der Waals surface area contributed by atoms with E-state index in [-0.39, 0.29) is 50.5 Å². The van der Waals surface area contributed by atoms with Gasteiger partial charge in [0.1, 0.15) is 6.23 Å². The van der Waals surface area contributed by atoms with Gasteiger partial charge in [-0.3, -0.25) is 19.0 Å². The molecule has 6 N–H and O–H groups in total. The summed E-state index contributed by atoms with van der Waals surface area (Å²) in [5, 5.41) is 26.1. The van der Waals surface area contributed by atoms with E-state index in [4.69, 9.17) is 9.79 Å². The number of hydrogen-bond donors (Lipinski definition) is 6. The highest BCUT2D eigenvalue weighted by Gasteiger charge is 2.28. The van der Waals surface area contributed by atoms with E-state index in [9.17, 15) is 24.4 Å². The fraction of sp³-hybridized carbons (Fsp3) is 0.625. The van der Waals surface area contributed by atoms with Gasteiger partial charge in [-0.15, -0.1) is 0 Å². The van der Waals surface area contributed by atoms with Crippen molar-refractivity contribution in [2.75, 3.05) is 26.2 Å². The maximum Gasteiger partial charge on any atom is 0.469 e. The van der Waals surface area contributed by atoms with Crippen molar-refractivity contribution < 1.29 is 38.7 Å². The van der Waals surface area contributed by atoms with Gasteiger partial charge in [0.25, 0.3) is 0 Å². The van der Waals surface area contributed by atoms with E-state index in [2.05, 4.69) is 15.2 Å². The third kappa shape index (κ3) is 7.10. The van der Waals surface area contributed by atoms with Crippen LogP contribution in [0.2, 0.25) is 0 Å². The van der Waals surface area contributed by atoms with E-state index in [1.807, 2.05) is 0 Å². The summed E-state index contributed by atoms with van der Waals surface area (Å²) >= 11 is 0. The lowest BCUT2D eigenvalue weighted by molar-refractivity contribution is -0.126. The average Bonchev–Trinajstić information content (AvgIpc) is 2.68.